The van der Waals surface area contributed by atoms with Gasteiger partial charge in [0, 0.05) is 41.9 Å². The van der Waals surface area contributed by atoms with E-state index in [9.17, 15) is 0 Å². The summed E-state index contributed by atoms with van der Waals surface area (Å²) in [4.78, 5) is 15.7. The molecule has 6 aromatic carbocycles. The predicted molar refractivity (Wildman–Crippen MR) is 174 cm³/mol. The lowest BCUT2D eigenvalue weighted by Crippen LogP contribution is -1.98. The molecule has 190 valence electrons. The highest BCUT2D eigenvalue weighted by Gasteiger charge is 2.20. The third-order valence-electron chi connectivity index (χ3n) is 8.05. The molecule has 0 amide bonds. The van der Waals surface area contributed by atoms with Gasteiger partial charge >= 0.3 is 0 Å². The molecule has 3 nitrogen and oxygen atoms in total. The molecule has 0 atom stereocenters. The van der Waals surface area contributed by atoms with Crippen molar-refractivity contribution in [3.63, 3.8) is 0 Å². The van der Waals surface area contributed by atoms with E-state index in [-0.39, 0.29) is 0 Å². The van der Waals surface area contributed by atoms with Crippen molar-refractivity contribution < 1.29 is 0 Å². The highest BCUT2D eigenvalue weighted by Crippen LogP contribution is 2.43. The molecule has 0 saturated carbocycles. The largest absolute Gasteiger partial charge is 0.244 e. The molecule has 0 fully saturated rings. The summed E-state index contributed by atoms with van der Waals surface area (Å²) in [6.07, 6.45) is 0. The fourth-order valence-electron chi connectivity index (χ4n) is 6.12. The standard InChI is InChI=1S/C37H21N3S/c1-2-10-23-21-24(18-17-22(23)9-1)34-29-13-4-7-15-31(29)39-37(40-34)35-33-27(25-11-3-6-14-30(25)38-35)19-20-28-26-12-5-8-16-32(26)41-36(28)33/h1-21H. The fourth-order valence-corrected chi connectivity index (χ4v) is 7.38. The summed E-state index contributed by atoms with van der Waals surface area (Å²) >= 11 is 1.82. The van der Waals surface area contributed by atoms with Crippen LogP contribution in [0, 0.1) is 0 Å². The highest BCUT2D eigenvalue weighted by molar-refractivity contribution is 7.26. The molecule has 3 aromatic heterocycles. The van der Waals surface area contributed by atoms with Crippen LogP contribution >= 0.6 is 11.3 Å². The smallest absolute Gasteiger partial charge is 0.180 e. The summed E-state index contributed by atoms with van der Waals surface area (Å²) < 4.78 is 2.49. The summed E-state index contributed by atoms with van der Waals surface area (Å²) in [5.74, 6) is 0.646. The summed E-state index contributed by atoms with van der Waals surface area (Å²) in [6.45, 7) is 0. The average molecular weight is 540 g/mol. The van der Waals surface area contributed by atoms with Crippen LogP contribution in [0.25, 0.3) is 86.3 Å². The molecule has 3 heterocycles. The van der Waals surface area contributed by atoms with Gasteiger partial charge in [0.15, 0.2) is 5.82 Å². The molecule has 0 aliphatic carbocycles. The van der Waals surface area contributed by atoms with E-state index in [1.165, 1.54) is 36.3 Å². The second-order valence-corrected chi connectivity index (χ2v) is 11.5. The Kier molecular flexibility index (Phi) is 4.77. The lowest BCUT2D eigenvalue weighted by atomic mass is 9.99. The van der Waals surface area contributed by atoms with Crippen molar-refractivity contribution in [3.05, 3.63) is 127 Å². The number of pyridine rings is 1. The van der Waals surface area contributed by atoms with Crippen molar-refractivity contribution in [1.82, 2.24) is 15.0 Å². The van der Waals surface area contributed by atoms with Crippen molar-refractivity contribution in [2.24, 2.45) is 0 Å². The molecular formula is C37H21N3S. The zero-order valence-corrected chi connectivity index (χ0v) is 22.7. The second-order valence-electron chi connectivity index (χ2n) is 10.4. The van der Waals surface area contributed by atoms with Crippen LogP contribution in [0.5, 0.6) is 0 Å². The zero-order valence-electron chi connectivity index (χ0n) is 21.9. The number of aromatic nitrogens is 3. The van der Waals surface area contributed by atoms with Crippen molar-refractivity contribution in [3.8, 4) is 22.8 Å². The number of hydrogen-bond donors (Lipinski definition) is 0. The van der Waals surface area contributed by atoms with Crippen LogP contribution in [-0.2, 0) is 0 Å². The van der Waals surface area contributed by atoms with Gasteiger partial charge in [0.25, 0.3) is 0 Å². The van der Waals surface area contributed by atoms with E-state index < -0.39 is 0 Å². The zero-order chi connectivity index (χ0) is 26.9. The van der Waals surface area contributed by atoms with E-state index >= 15 is 0 Å². The molecule has 0 N–H and O–H groups in total. The number of nitrogens with zero attached hydrogens (tertiary/aromatic N) is 3. The minimum absolute atomic E-state index is 0.646. The number of fused-ring (bicyclic) bond motifs is 9. The Morgan fingerprint density at radius 3 is 2.00 bits per heavy atom. The van der Waals surface area contributed by atoms with Crippen molar-refractivity contribution in [2.45, 2.75) is 0 Å². The Morgan fingerprint density at radius 2 is 1.12 bits per heavy atom. The molecule has 0 spiro atoms. The molecule has 0 saturated heterocycles. The Morgan fingerprint density at radius 1 is 0.439 bits per heavy atom. The molecule has 9 rings (SSSR count). The first kappa shape index (κ1) is 22.6. The van der Waals surface area contributed by atoms with E-state index in [0.29, 0.717) is 5.82 Å². The topological polar surface area (TPSA) is 38.7 Å². The van der Waals surface area contributed by atoms with E-state index in [1.807, 2.05) is 23.5 Å². The lowest BCUT2D eigenvalue weighted by molar-refractivity contribution is 1.20. The van der Waals surface area contributed by atoms with Gasteiger partial charge in [-0.2, -0.15) is 0 Å². The van der Waals surface area contributed by atoms with Gasteiger partial charge in [-0.05, 0) is 40.4 Å². The molecule has 0 aliphatic heterocycles. The molecule has 9 aromatic rings. The maximum Gasteiger partial charge on any atom is 0.180 e. The Bertz CT molecular complexity index is 2490. The molecule has 4 heteroatoms. The van der Waals surface area contributed by atoms with Gasteiger partial charge in [0.2, 0.25) is 0 Å². The first-order valence-electron chi connectivity index (χ1n) is 13.7. The molecule has 0 aliphatic rings. The van der Waals surface area contributed by atoms with Crippen LogP contribution in [0.2, 0.25) is 0 Å². The van der Waals surface area contributed by atoms with Gasteiger partial charge in [-0.1, -0.05) is 103 Å². The quantitative estimate of drug-likeness (QED) is 0.205. The number of para-hydroxylation sites is 2. The maximum absolute atomic E-state index is 5.30. The Labute approximate surface area is 239 Å². The van der Waals surface area contributed by atoms with Crippen molar-refractivity contribution in [2.75, 3.05) is 0 Å². The maximum atomic E-state index is 5.30. The van der Waals surface area contributed by atoms with E-state index in [4.69, 9.17) is 15.0 Å². The van der Waals surface area contributed by atoms with Crippen LogP contribution in [0.15, 0.2) is 127 Å². The summed E-state index contributed by atoms with van der Waals surface area (Å²) in [7, 11) is 0. The van der Waals surface area contributed by atoms with Gasteiger partial charge in [0.1, 0.15) is 5.69 Å². The normalized spacial score (nSPS) is 11.9. The van der Waals surface area contributed by atoms with Gasteiger partial charge in [-0.3, -0.25) is 0 Å². The average Bonchev–Trinajstić information content (AvgIpc) is 3.42. The lowest BCUT2D eigenvalue weighted by Gasteiger charge is -2.13. The molecule has 41 heavy (non-hydrogen) atoms. The predicted octanol–water partition coefficient (Wildman–Crippen LogP) is 10.2. The van der Waals surface area contributed by atoms with Gasteiger partial charge in [-0.15, -0.1) is 11.3 Å². The monoisotopic (exact) mass is 539 g/mol. The minimum Gasteiger partial charge on any atom is -0.244 e. The number of thiophene rings is 1. The summed E-state index contributed by atoms with van der Waals surface area (Å²) in [5, 5.41) is 9.37. The SMILES string of the molecule is c1ccc2cc(-c3nc(-c4nc5ccccc5c5ccc6c7ccccc7sc6c45)nc4ccccc34)ccc2c1. The van der Waals surface area contributed by atoms with Crippen LogP contribution in [0.3, 0.4) is 0 Å². The van der Waals surface area contributed by atoms with Crippen LogP contribution in [-0.4, -0.2) is 15.0 Å². The molecular weight excluding hydrogens is 518 g/mol. The summed E-state index contributed by atoms with van der Waals surface area (Å²) in [6, 6.07) is 44.8. The molecule has 0 radical (unpaired) electrons. The van der Waals surface area contributed by atoms with E-state index in [2.05, 4.69) is 115 Å². The third-order valence-corrected chi connectivity index (χ3v) is 9.25. The Hall–Kier alpha value is -5.19. The van der Waals surface area contributed by atoms with E-state index in [0.717, 1.165) is 44.1 Å². The first-order chi connectivity index (χ1) is 20.3. The van der Waals surface area contributed by atoms with Gasteiger partial charge < -0.3 is 0 Å². The summed E-state index contributed by atoms with van der Waals surface area (Å²) in [5.41, 5.74) is 4.67. The highest BCUT2D eigenvalue weighted by atomic mass is 32.1. The Balaban J connectivity index is 1.42. The van der Waals surface area contributed by atoms with Crippen molar-refractivity contribution >= 4 is 74.9 Å². The molecule has 0 unspecified atom stereocenters. The van der Waals surface area contributed by atoms with Gasteiger partial charge in [0.05, 0.1) is 16.7 Å². The van der Waals surface area contributed by atoms with E-state index in [1.54, 1.807) is 0 Å². The number of rotatable bonds is 2. The fraction of sp³-hybridized carbons (Fsp3) is 0. The second kappa shape index (κ2) is 8.65. The third kappa shape index (κ3) is 3.41. The van der Waals surface area contributed by atoms with Crippen molar-refractivity contribution in [1.29, 1.82) is 0 Å². The van der Waals surface area contributed by atoms with Gasteiger partial charge in [-0.25, -0.2) is 15.0 Å². The number of hydrogen-bond acceptors (Lipinski definition) is 4. The molecule has 0 bridgehead atoms. The first-order valence-corrected chi connectivity index (χ1v) is 14.5. The minimum atomic E-state index is 0.646. The number of benzene rings is 6. The van der Waals surface area contributed by atoms with Crippen LogP contribution in [0.1, 0.15) is 0 Å². The van der Waals surface area contributed by atoms with Crippen LogP contribution in [0.4, 0.5) is 0 Å². The van der Waals surface area contributed by atoms with Crippen LogP contribution < -0.4 is 0 Å².